The fourth-order valence-corrected chi connectivity index (χ4v) is 5.97. The van der Waals surface area contributed by atoms with Crippen LogP contribution in [0.4, 0.5) is 4.79 Å². The Morgan fingerprint density at radius 1 is 0.685 bits per heavy atom. The van der Waals surface area contributed by atoms with Crippen molar-refractivity contribution in [2.45, 2.75) is 96.5 Å². The van der Waals surface area contributed by atoms with Crippen molar-refractivity contribution in [2.24, 2.45) is 5.92 Å². The van der Waals surface area contributed by atoms with Crippen LogP contribution >= 0.6 is 0 Å². The highest BCUT2D eigenvalue weighted by Crippen LogP contribution is 2.37. The maximum absolute atomic E-state index is 14.1. The second kappa shape index (κ2) is 19.9. The van der Waals surface area contributed by atoms with Gasteiger partial charge < -0.3 is 36.4 Å². The molecule has 6 N–H and O–H groups in total. The molecule has 0 aliphatic carbocycles. The molecule has 3 aromatic carbocycles. The molecule has 0 unspecified atom stereocenters. The van der Waals surface area contributed by atoms with Gasteiger partial charge in [0.25, 0.3) is 0 Å². The number of rotatable bonds is 18. The third-order valence-corrected chi connectivity index (χ3v) is 8.48. The van der Waals surface area contributed by atoms with Crippen LogP contribution in [-0.2, 0) is 34.2 Å². The first-order valence-electron chi connectivity index (χ1n) is 18.1. The number of hydrogen-bond acceptors (Lipinski definition) is 7. The van der Waals surface area contributed by atoms with Gasteiger partial charge in [-0.1, -0.05) is 105 Å². The molecular weight excluding hydrogens is 690 g/mol. The summed E-state index contributed by atoms with van der Waals surface area (Å²) in [5.74, 6) is -4.41. The van der Waals surface area contributed by atoms with E-state index in [4.69, 9.17) is 4.74 Å². The van der Waals surface area contributed by atoms with E-state index >= 15 is 0 Å². The molecule has 0 fully saturated rings. The smallest absolute Gasteiger partial charge is 0.407 e. The van der Waals surface area contributed by atoms with Crippen molar-refractivity contribution < 1.29 is 38.6 Å². The number of carbonyl (C=O) groups excluding carboxylic acids is 5. The zero-order valence-corrected chi connectivity index (χ0v) is 31.8. The lowest BCUT2D eigenvalue weighted by Crippen LogP contribution is -2.58. The summed E-state index contributed by atoms with van der Waals surface area (Å²) < 4.78 is 5.19. The second-order valence-electron chi connectivity index (χ2n) is 14.4. The van der Waals surface area contributed by atoms with Gasteiger partial charge in [0, 0.05) is 13.5 Å². The summed E-state index contributed by atoms with van der Waals surface area (Å²) in [4.78, 5) is 77.5. The molecule has 54 heavy (non-hydrogen) atoms. The average molecular weight is 744 g/mol. The van der Waals surface area contributed by atoms with Crippen LogP contribution in [0.15, 0.2) is 91.0 Å². The van der Waals surface area contributed by atoms with E-state index in [1.165, 1.54) is 6.92 Å². The Hall–Kier alpha value is -5.72. The minimum absolute atomic E-state index is 0.0660. The van der Waals surface area contributed by atoms with Crippen molar-refractivity contribution in [3.8, 4) is 0 Å². The number of hydrogen-bond donors (Lipinski definition) is 6. The van der Waals surface area contributed by atoms with Crippen LogP contribution in [-0.4, -0.2) is 71.1 Å². The summed E-state index contributed by atoms with van der Waals surface area (Å²) in [5, 5.41) is 23.3. The predicted molar refractivity (Wildman–Crippen MR) is 204 cm³/mol. The second-order valence-corrected chi connectivity index (χ2v) is 14.4. The number of alkyl carbamates (subject to hydrolysis) is 1. The summed E-state index contributed by atoms with van der Waals surface area (Å²) >= 11 is 0. The summed E-state index contributed by atoms with van der Waals surface area (Å²) in [7, 11) is 0. The molecule has 5 amide bonds. The molecule has 0 spiro atoms. The molecule has 0 heterocycles. The van der Waals surface area contributed by atoms with Crippen LogP contribution in [0.25, 0.3) is 0 Å². The molecule has 0 saturated carbocycles. The fourth-order valence-electron chi connectivity index (χ4n) is 5.97. The Morgan fingerprint density at radius 3 is 1.61 bits per heavy atom. The first kappa shape index (κ1) is 42.7. The molecule has 13 nitrogen and oxygen atoms in total. The van der Waals surface area contributed by atoms with Gasteiger partial charge in [-0.2, -0.15) is 0 Å². The van der Waals surface area contributed by atoms with E-state index < -0.39 is 77.3 Å². The Balaban J connectivity index is 1.77. The van der Waals surface area contributed by atoms with Crippen molar-refractivity contribution in [2.75, 3.05) is 6.54 Å². The average Bonchev–Trinajstić information content (AvgIpc) is 3.11. The zero-order chi connectivity index (χ0) is 39.9. The molecule has 3 rings (SSSR count). The Labute approximate surface area is 317 Å². The summed E-state index contributed by atoms with van der Waals surface area (Å²) in [6.07, 6.45) is -0.192. The molecule has 0 aromatic heterocycles. The summed E-state index contributed by atoms with van der Waals surface area (Å²) in [5.41, 5.74) is 0.467. The maximum atomic E-state index is 14.1. The third-order valence-electron chi connectivity index (χ3n) is 8.48. The monoisotopic (exact) mass is 743 g/mol. The Bertz CT molecular complexity index is 1610. The third kappa shape index (κ3) is 12.7. The van der Waals surface area contributed by atoms with E-state index in [-0.39, 0.29) is 13.0 Å². The van der Waals surface area contributed by atoms with Gasteiger partial charge in [-0.05, 0) is 62.6 Å². The van der Waals surface area contributed by atoms with Gasteiger partial charge in [-0.3, -0.25) is 19.2 Å². The normalized spacial score (nSPS) is 13.1. The lowest BCUT2D eigenvalue weighted by atomic mass is 9.77. The largest absolute Gasteiger partial charge is 0.480 e. The van der Waals surface area contributed by atoms with Crippen molar-refractivity contribution in [3.05, 3.63) is 108 Å². The van der Waals surface area contributed by atoms with E-state index in [0.717, 1.165) is 16.7 Å². The van der Waals surface area contributed by atoms with Crippen LogP contribution in [0.2, 0.25) is 0 Å². The Morgan fingerprint density at radius 2 is 1.19 bits per heavy atom. The molecule has 13 heteroatoms. The van der Waals surface area contributed by atoms with Crippen LogP contribution < -0.4 is 26.6 Å². The highest BCUT2D eigenvalue weighted by Gasteiger charge is 2.39. The molecular formula is C41H53N5O8. The molecule has 0 saturated heterocycles. The quantitative estimate of drug-likeness (QED) is 0.0816. The molecule has 3 aromatic rings. The van der Waals surface area contributed by atoms with Gasteiger partial charge in [0.1, 0.15) is 29.3 Å². The van der Waals surface area contributed by atoms with Crippen LogP contribution in [0.1, 0.15) is 83.9 Å². The van der Waals surface area contributed by atoms with Crippen molar-refractivity contribution >= 4 is 35.7 Å². The van der Waals surface area contributed by atoms with Crippen molar-refractivity contribution in [3.63, 3.8) is 0 Å². The topological polar surface area (TPSA) is 192 Å². The standard InChI is InChI=1S/C41H53N5O8/c1-27(2)35(37(50)44-32(38(51)52)24-16-17-25-42-39(53)54-40(4,5)6)45-36(49)33(43-28(3)47)26-34(48)46-41(29-18-10-7-11-19-29,30-20-12-8-13-21-30)31-22-14-9-15-23-31/h7-15,18-23,27,32-33,35H,16-17,24-26H2,1-6H3,(H,42,53)(H,43,47)(H,44,50)(H,45,49)(H,46,48)(H,51,52)/t32-,33+,35+/m0/s1. The number of carboxylic acid groups (broad SMARTS) is 1. The molecule has 0 aliphatic rings. The van der Waals surface area contributed by atoms with Crippen LogP contribution in [0, 0.1) is 5.92 Å². The highest BCUT2D eigenvalue weighted by atomic mass is 16.6. The molecule has 3 atom stereocenters. The first-order valence-corrected chi connectivity index (χ1v) is 18.1. The van der Waals surface area contributed by atoms with Crippen molar-refractivity contribution in [1.29, 1.82) is 0 Å². The number of ether oxygens (including phenoxy) is 1. The van der Waals surface area contributed by atoms with E-state index in [0.29, 0.717) is 12.8 Å². The lowest BCUT2D eigenvalue weighted by Gasteiger charge is -2.37. The fraction of sp³-hybridized carbons (Fsp3) is 0.415. The van der Waals surface area contributed by atoms with Gasteiger partial charge in [0.2, 0.25) is 23.6 Å². The number of carbonyl (C=O) groups is 6. The number of amides is 5. The summed E-state index contributed by atoms with van der Waals surface area (Å²) in [6, 6.07) is 24.4. The lowest BCUT2D eigenvalue weighted by molar-refractivity contribution is -0.143. The highest BCUT2D eigenvalue weighted by molar-refractivity contribution is 5.95. The SMILES string of the molecule is CC(=O)N[C@H](CC(=O)NC(c1ccccc1)(c1ccccc1)c1ccccc1)C(=O)N[C@@H](C(=O)N[C@@H](CCCCNC(=O)OC(C)(C)C)C(=O)O)C(C)C. The summed E-state index contributed by atoms with van der Waals surface area (Å²) in [6.45, 7) is 10.0. The number of unbranched alkanes of at least 4 members (excludes halogenated alkanes) is 1. The number of carboxylic acids is 1. The van der Waals surface area contributed by atoms with Gasteiger partial charge in [-0.25, -0.2) is 9.59 Å². The van der Waals surface area contributed by atoms with Crippen LogP contribution in [0.3, 0.4) is 0 Å². The molecule has 290 valence electrons. The van der Waals surface area contributed by atoms with Crippen molar-refractivity contribution in [1.82, 2.24) is 26.6 Å². The van der Waals surface area contributed by atoms with Gasteiger partial charge >= 0.3 is 12.1 Å². The molecule has 0 aliphatic heterocycles. The van der Waals surface area contributed by atoms with Crippen LogP contribution in [0.5, 0.6) is 0 Å². The maximum Gasteiger partial charge on any atom is 0.407 e. The molecule has 0 radical (unpaired) electrons. The van der Waals surface area contributed by atoms with E-state index in [1.807, 2.05) is 91.0 Å². The number of aliphatic carboxylic acids is 1. The first-order chi connectivity index (χ1) is 25.5. The van der Waals surface area contributed by atoms with E-state index in [2.05, 4.69) is 26.6 Å². The minimum atomic E-state index is -1.37. The minimum Gasteiger partial charge on any atom is -0.480 e. The van der Waals surface area contributed by atoms with Gasteiger partial charge in [0.05, 0.1) is 6.42 Å². The Kier molecular flexibility index (Phi) is 15.8. The van der Waals surface area contributed by atoms with E-state index in [9.17, 15) is 33.9 Å². The van der Waals surface area contributed by atoms with E-state index in [1.54, 1.807) is 34.6 Å². The molecule has 0 bridgehead atoms. The van der Waals surface area contributed by atoms with Gasteiger partial charge in [0.15, 0.2) is 0 Å². The zero-order valence-electron chi connectivity index (χ0n) is 31.8. The number of nitrogens with one attached hydrogen (secondary N) is 5. The predicted octanol–water partition coefficient (Wildman–Crippen LogP) is 4.39. The number of benzene rings is 3. The van der Waals surface area contributed by atoms with Gasteiger partial charge in [-0.15, -0.1) is 0 Å².